The molecule has 0 bridgehead atoms. The Morgan fingerprint density at radius 1 is 0.485 bits per heavy atom. The molecule has 6 unspecified atom stereocenters. The van der Waals surface area contributed by atoms with Crippen LogP contribution in [0.25, 0.3) is 0 Å². The first-order chi connectivity index (χ1) is 32.4. The molecule has 0 amide bonds. The number of hydrogen-bond acceptors (Lipinski definition) is 9. The van der Waals surface area contributed by atoms with Crippen LogP contribution in [-0.2, 0) is 23.7 Å². The average Bonchev–Trinajstić information content (AvgIpc) is 3.32. The van der Waals surface area contributed by atoms with Gasteiger partial charge in [0.25, 0.3) is 0 Å². The van der Waals surface area contributed by atoms with Crippen molar-refractivity contribution in [3.05, 3.63) is 36.5 Å². The zero-order valence-corrected chi connectivity index (χ0v) is 43.0. The molecule has 9 heteroatoms. The Bertz CT molecular complexity index is 1110. The van der Waals surface area contributed by atoms with Crippen molar-refractivity contribution in [2.45, 2.75) is 295 Å². The van der Waals surface area contributed by atoms with Crippen molar-refractivity contribution in [1.82, 2.24) is 0 Å². The van der Waals surface area contributed by atoms with Gasteiger partial charge in [-0.3, -0.25) is 4.79 Å². The number of rotatable bonds is 49. The van der Waals surface area contributed by atoms with Crippen LogP contribution < -0.4 is 0 Å². The molecule has 0 aromatic heterocycles. The first kappa shape index (κ1) is 62.4. The number of aliphatic hydroxyl groups is 4. The molecule has 0 radical (unpaired) electrons. The molecule has 0 aromatic carbocycles. The number of aliphatic hydroxyl groups excluding tert-OH is 4. The van der Waals surface area contributed by atoms with Gasteiger partial charge in [0.2, 0.25) is 0 Å². The van der Waals surface area contributed by atoms with E-state index in [1.807, 2.05) is 0 Å². The van der Waals surface area contributed by atoms with Gasteiger partial charge in [-0.2, -0.15) is 0 Å². The van der Waals surface area contributed by atoms with Crippen LogP contribution in [0, 0.1) is 0 Å². The molecule has 1 aliphatic heterocycles. The SMILES string of the molecule is CCCCC/C=C\C/C=C\CCCCCCCCCC(=O)OC(COCCCCCCCCCCCCCCCC/C=C\CCCCCCCCCC)COC1OC(CO)C(O)C(O)C1O. The number of ether oxygens (including phenoxy) is 4. The highest BCUT2D eigenvalue weighted by Crippen LogP contribution is 2.23. The Hall–Kier alpha value is -1.59. The van der Waals surface area contributed by atoms with Gasteiger partial charge in [0, 0.05) is 13.0 Å². The van der Waals surface area contributed by atoms with Crippen molar-refractivity contribution in [3.8, 4) is 0 Å². The van der Waals surface area contributed by atoms with Gasteiger partial charge < -0.3 is 39.4 Å². The molecule has 0 spiro atoms. The summed E-state index contributed by atoms with van der Waals surface area (Å²) in [6.45, 7) is 4.56. The summed E-state index contributed by atoms with van der Waals surface area (Å²) in [6.07, 6.45) is 53.3. The lowest BCUT2D eigenvalue weighted by Gasteiger charge is -2.39. The van der Waals surface area contributed by atoms with Crippen molar-refractivity contribution >= 4 is 5.97 Å². The minimum absolute atomic E-state index is 0.114. The predicted octanol–water partition coefficient (Wildman–Crippen LogP) is 14.3. The van der Waals surface area contributed by atoms with Gasteiger partial charge in [0.15, 0.2) is 6.29 Å². The molecule has 1 saturated heterocycles. The third-order valence-electron chi connectivity index (χ3n) is 13.0. The number of unbranched alkanes of at least 4 members (excludes halogenated alkanes) is 32. The molecular weight excluding hydrogens is 829 g/mol. The van der Waals surface area contributed by atoms with E-state index in [4.69, 9.17) is 18.9 Å². The molecule has 1 aliphatic rings. The normalized spacial score (nSPS) is 19.5. The van der Waals surface area contributed by atoms with Crippen molar-refractivity contribution in [3.63, 3.8) is 0 Å². The van der Waals surface area contributed by atoms with E-state index >= 15 is 0 Å². The van der Waals surface area contributed by atoms with Crippen LogP contribution in [0.15, 0.2) is 36.5 Å². The monoisotopic (exact) mass is 935 g/mol. The van der Waals surface area contributed by atoms with Crippen molar-refractivity contribution in [2.24, 2.45) is 0 Å². The van der Waals surface area contributed by atoms with Gasteiger partial charge in [0.05, 0.1) is 19.8 Å². The van der Waals surface area contributed by atoms with E-state index in [-0.39, 0.29) is 19.2 Å². The largest absolute Gasteiger partial charge is 0.457 e. The Morgan fingerprint density at radius 3 is 1.35 bits per heavy atom. The third-order valence-corrected chi connectivity index (χ3v) is 13.0. The number of carbonyl (C=O) groups is 1. The summed E-state index contributed by atoms with van der Waals surface area (Å²) in [5.74, 6) is -0.318. The number of hydrogen-bond donors (Lipinski definition) is 4. The van der Waals surface area contributed by atoms with Crippen molar-refractivity contribution in [2.75, 3.05) is 26.4 Å². The highest BCUT2D eigenvalue weighted by atomic mass is 16.7. The molecule has 4 N–H and O–H groups in total. The second-order valence-corrected chi connectivity index (χ2v) is 19.4. The number of esters is 1. The summed E-state index contributed by atoms with van der Waals surface area (Å²) in [5.41, 5.74) is 0. The van der Waals surface area contributed by atoms with Crippen LogP contribution in [-0.4, -0.2) is 89.6 Å². The fraction of sp³-hybridized carbons (Fsp3) is 0.877. The lowest BCUT2D eigenvalue weighted by Crippen LogP contribution is -2.59. The van der Waals surface area contributed by atoms with Gasteiger partial charge in [-0.1, -0.05) is 217 Å². The molecule has 388 valence electrons. The van der Waals surface area contributed by atoms with Crippen LogP contribution >= 0.6 is 0 Å². The summed E-state index contributed by atoms with van der Waals surface area (Å²) in [4.78, 5) is 12.8. The molecule has 1 fully saturated rings. The molecule has 9 nitrogen and oxygen atoms in total. The Kier molecular flexibility index (Phi) is 45.8. The molecule has 0 aliphatic carbocycles. The zero-order valence-electron chi connectivity index (χ0n) is 43.0. The maximum atomic E-state index is 12.8. The van der Waals surface area contributed by atoms with E-state index in [0.717, 1.165) is 44.9 Å². The van der Waals surface area contributed by atoms with Gasteiger partial charge in [-0.05, 0) is 70.6 Å². The summed E-state index contributed by atoms with van der Waals surface area (Å²) < 4.78 is 22.9. The standard InChI is InChI=1S/C57H106O9/c1-3-5-7-9-11-13-15-17-19-21-22-23-24-25-26-27-28-29-31-33-35-37-39-41-43-45-47-63-49-51(50-64-57-56(62)55(61)54(60)52(48-58)66-57)65-53(59)46-44-42-40-38-36-34-32-30-20-18-16-14-12-10-8-6-4-2/h12,14,18,20-22,51-52,54-58,60-62H,3-11,13,15-17,19,23-50H2,1-2H3/b14-12-,20-18-,22-21-. The van der Waals surface area contributed by atoms with Crippen LogP contribution in [0.3, 0.4) is 0 Å². The predicted molar refractivity (Wildman–Crippen MR) is 275 cm³/mol. The second kappa shape index (κ2) is 48.4. The molecule has 1 heterocycles. The van der Waals surface area contributed by atoms with Crippen molar-refractivity contribution < 1.29 is 44.2 Å². The molecule has 1 rings (SSSR count). The van der Waals surface area contributed by atoms with E-state index < -0.39 is 43.4 Å². The minimum atomic E-state index is -1.54. The summed E-state index contributed by atoms with van der Waals surface area (Å²) >= 11 is 0. The van der Waals surface area contributed by atoms with Crippen LogP contribution in [0.5, 0.6) is 0 Å². The second-order valence-electron chi connectivity index (χ2n) is 19.4. The Morgan fingerprint density at radius 2 is 0.879 bits per heavy atom. The van der Waals surface area contributed by atoms with E-state index in [1.54, 1.807) is 0 Å². The molecule has 0 aromatic rings. The lowest BCUT2D eigenvalue weighted by atomic mass is 9.99. The van der Waals surface area contributed by atoms with Gasteiger partial charge in [-0.15, -0.1) is 0 Å². The molecular formula is C57H106O9. The van der Waals surface area contributed by atoms with E-state index in [1.165, 1.54) is 193 Å². The quantitative estimate of drug-likeness (QED) is 0.0267. The molecule has 66 heavy (non-hydrogen) atoms. The first-order valence-corrected chi connectivity index (χ1v) is 28.1. The highest BCUT2D eigenvalue weighted by Gasteiger charge is 2.44. The lowest BCUT2D eigenvalue weighted by molar-refractivity contribution is -0.305. The highest BCUT2D eigenvalue weighted by molar-refractivity contribution is 5.69. The smallest absolute Gasteiger partial charge is 0.306 e. The molecule has 0 saturated carbocycles. The topological polar surface area (TPSA) is 135 Å². The van der Waals surface area contributed by atoms with Crippen LogP contribution in [0.4, 0.5) is 0 Å². The molecule has 6 atom stereocenters. The zero-order chi connectivity index (χ0) is 47.8. The average molecular weight is 935 g/mol. The van der Waals surface area contributed by atoms with Crippen molar-refractivity contribution in [1.29, 1.82) is 0 Å². The van der Waals surface area contributed by atoms with Gasteiger partial charge >= 0.3 is 5.97 Å². The maximum Gasteiger partial charge on any atom is 0.306 e. The summed E-state index contributed by atoms with van der Waals surface area (Å²) in [7, 11) is 0. The maximum absolute atomic E-state index is 12.8. The summed E-state index contributed by atoms with van der Waals surface area (Å²) in [6, 6.07) is 0. The number of allylic oxidation sites excluding steroid dienone is 6. The Balaban J connectivity index is 2.14. The summed E-state index contributed by atoms with van der Waals surface area (Å²) in [5, 5.41) is 40.3. The van der Waals surface area contributed by atoms with Crippen LogP contribution in [0.1, 0.15) is 258 Å². The van der Waals surface area contributed by atoms with Crippen LogP contribution in [0.2, 0.25) is 0 Å². The third kappa shape index (κ3) is 38.3. The van der Waals surface area contributed by atoms with E-state index in [0.29, 0.717) is 13.0 Å². The van der Waals surface area contributed by atoms with Gasteiger partial charge in [0.1, 0.15) is 30.5 Å². The first-order valence-electron chi connectivity index (χ1n) is 28.1. The van der Waals surface area contributed by atoms with E-state index in [9.17, 15) is 25.2 Å². The minimum Gasteiger partial charge on any atom is -0.457 e. The number of carbonyl (C=O) groups excluding carboxylic acids is 1. The van der Waals surface area contributed by atoms with Gasteiger partial charge in [-0.25, -0.2) is 0 Å². The fourth-order valence-corrected chi connectivity index (χ4v) is 8.64. The van der Waals surface area contributed by atoms with E-state index in [2.05, 4.69) is 50.3 Å². The Labute approximate surface area is 406 Å². The fourth-order valence-electron chi connectivity index (χ4n) is 8.64.